The van der Waals surface area contributed by atoms with Crippen molar-refractivity contribution in [3.8, 4) is 0 Å². The molecule has 2 aliphatic heterocycles. The molecule has 16 heteroatoms. The Morgan fingerprint density at radius 2 is 0.768 bits per heavy atom. The maximum Gasteiger partial charge on any atom is 0.261 e. The van der Waals surface area contributed by atoms with Gasteiger partial charge in [0.1, 0.15) is 0 Å². The fourth-order valence-electron chi connectivity index (χ4n) is 6.51. The summed E-state index contributed by atoms with van der Waals surface area (Å²) in [7, 11) is -5.01. The zero-order valence-electron chi connectivity index (χ0n) is 31.0. The number of fused-ring (bicyclic) bond motifs is 2. The molecule has 12 nitrogen and oxygen atoms in total. The molecular weight excluding hydrogens is 793 g/mol. The average molecular weight is 835 g/mol. The lowest BCUT2D eigenvalue weighted by molar-refractivity contribution is 0.0635. The second-order valence-electron chi connectivity index (χ2n) is 13.4. The fourth-order valence-corrected chi connectivity index (χ4v) is 11.7. The van der Waals surface area contributed by atoms with Gasteiger partial charge in [-0.3, -0.25) is 29.0 Å². The molecule has 4 amide bonds. The Hall–Kier alpha value is -4.32. The molecule has 4 aromatic carbocycles. The van der Waals surface area contributed by atoms with Crippen molar-refractivity contribution in [3.63, 3.8) is 0 Å². The first kappa shape index (κ1) is 41.3. The SMILES string of the molecule is Cc1ccc(S(=O)(=O)N(CCCN2C(=O)c3ccccc3C2=O)CCSSCCN(CCCN2C(=O)c3ccccc3C2=O)S(=O)(=O)c2ccc(C)cc2)cc1. The number of benzene rings is 4. The van der Waals surface area contributed by atoms with Gasteiger partial charge in [-0.2, -0.15) is 8.61 Å². The number of amides is 4. The zero-order chi connectivity index (χ0) is 40.0. The number of hydrogen-bond acceptors (Lipinski definition) is 10. The summed E-state index contributed by atoms with van der Waals surface area (Å²) in [5.74, 6) is -0.819. The number of imide groups is 2. The van der Waals surface area contributed by atoms with Crippen LogP contribution in [0.5, 0.6) is 0 Å². The highest BCUT2D eigenvalue weighted by atomic mass is 33.1. The number of carbonyl (C=O) groups is 4. The lowest BCUT2D eigenvalue weighted by Gasteiger charge is -2.24. The quantitative estimate of drug-likeness (QED) is 0.0651. The van der Waals surface area contributed by atoms with Gasteiger partial charge in [0.05, 0.1) is 32.0 Å². The molecule has 0 spiro atoms. The van der Waals surface area contributed by atoms with Gasteiger partial charge >= 0.3 is 0 Å². The van der Waals surface area contributed by atoms with Gasteiger partial charge in [0, 0.05) is 50.8 Å². The third-order valence-corrected chi connectivity index (χ3v) is 15.8. The van der Waals surface area contributed by atoms with Crippen LogP contribution in [-0.4, -0.2) is 110 Å². The van der Waals surface area contributed by atoms with Gasteiger partial charge in [-0.05, 0) is 75.2 Å². The summed E-state index contributed by atoms with van der Waals surface area (Å²) in [5.41, 5.74) is 3.17. The van der Waals surface area contributed by atoms with E-state index in [1.165, 1.54) is 30.2 Å². The van der Waals surface area contributed by atoms with Crippen LogP contribution in [0.15, 0.2) is 107 Å². The van der Waals surface area contributed by atoms with Crippen LogP contribution in [0.3, 0.4) is 0 Å². The number of nitrogens with zero attached hydrogens (tertiary/aromatic N) is 4. The molecule has 56 heavy (non-hydrogen) atoms. The molecule has 0 unspecified atom stereocenters. The summed E-state index contributed by atoms with van der Waals surface area (Å²) in [4.78, 5) is 54.2. The Bertz CT molecular complexity index is 2100. The van der Waals surface area contributed by atoms with E-state index in [4.69, 9.17) is 0 Å². The first-order chi connectivity index (χ1) is 26.8. The third-order valence-electron chi connectivity index (χ3n) is 9.58. The van der Waals surface area contributed by atoms with Crippen LogP contribution in [0.1, 0.15) is 65.4 Å². The molecule has 0 aliphatic carbocycles. The first-order valence-corrected chi connectivity index (χ1v) is 23.5. The minimum atomic E-state index is -3.91. The summed E-state index contributed by atoms with van der Waals surface area (Å²) in [6.45, 7) is 4.29. The fraction of sp³-hybridized carbons (Fsp3) is 0.300. The van der Waals surface area contributed by atoms with Crippen LogP contribution in [0, 0.1) is 13.8 Å². The summed E-state index contributed by atoms with van der Waals surface area (Å²) in [6.07, 6.45) is 0.474. The molecule has 0 fully saturated rings. The molecule has 4 aromatic rings. The van der Waals surface area contributed by atoms with E-state index in [-0.39, 0.29) is 61.9 Å². The van der Waals surface area contributed by atoms with E-state index >= 15 is 0 Å². The van der Waals surface area contributed by atoms with Crippen LogP contribution in [-0.2, 0) is 20.0 Å². The number of sulfonamides is 2. The Morgan fingerprint density at radius 3 is 1.07 bits per heavy atom. The topological polar surface area (TPSA) is 150 Å². The maximum atomic E-state index is 13.8. The standard InChI is InChI=1S/C40H42N4O8S4/c1-29-13-17-31(18-14-29)55(49,50)41(21-7-23-43-37(45)33-9-3-4-10-34(33)38(43)46)25-27-53-54-28-26-42(56(51,52)32-19-15-30(2)16-20-32)22-8-24-44-39(47)35-11-5-6-12-36(35)40(44)48/h3-6,9-20H,7-8,21-28H2,1-2H3. The lowest BCUT2D eigenvalue weighted by Crippen LogP contribution is -2.37. The minimum Gasteiger partial charge on any atom is -0.274 e. The molecule has 0 atom stereocenters. The molecular formula is C40H42N4O8S4. The molecule has 0 aromatic heterocycles. The largest absolute Gasteiger partial charge is 0.274 e. The van der Waals surface area contributed by atoms with Crippen LogP contribution >= 0.6 is 21.6 Å². The van der Waals surface area contributed by atoms with Crippen molar-refractivity contribution in [3.05, 3.63) is 130 Å². The van der Waals surface area contributed by atoms with E-state index < -0.39 is 43.7 Å². The second-order valence-corrected chi connectivity index (χ2v) is 20.0. The summed E-state index contributed by atoms with van der Waals surface area (Å²) >= 11 is 0. The van der Waals surface area contributed by atoms with Gasteiger partial charge in [-0.15, -0.1) is 0 Å². The molecule has 2 aliphatic rings. The highest BCUT2D eigenvalue weighted by Gasteiger charge is 2.36. The van der Waals surface area contributed by atoms with Crippen molar-refractivity contribution in [2.24, 2.45) is 0 Å². The van der Waals surface area contributed by atoms with Gasteiger partial charge in [-0.25, -0.2) is 16.8 Å². The van der Waals surface area contributed by atoms with Crippen LogP contribution in [0.2, 0.25) is 0 Å². The van der Waals surface area contributed by atoms with E-state index in [0.717, 1.165) is 20.9 Å². The predicted molar refractivity (Wildman–Crippen MR) is 218 cm³/mol. The number of rotatable bonds is 19. The van der Waals surface area contributed by atoms with Gasteiger partial charge < -0.3 is 0 Å². The second kappa shape index (κ2) is 17.9. The van der Waals surface area contributed by atoms with Crippen molar-refractivity contribution < 1.29 is 36.0 Å². The predicted octanol–water partition coefficient (Wildman–Crippen LogP) is 5.74. The highest BCUT2D eigenvalue weighted by molar-refractivity contribution is 8.76. The molecule has 294 valence electrons. The Labute approximate surface area is 335 Å². The Kier molecular flexibility index (Phi) is 13.2. The highest BCUT2D eigenvalue weighted by Crippen LogP contribution is 2.27. The monoisotopic (exact) mass is 834 g/mol. The summed E-state index contributed by atoms with van der Waals surface area (Å²) in [5, 5.41) is 0. The molecule has 0 saturated heterocycles. The van der Waals surface area contributed by atoms with E-state index in [1.807, 2.05) is 13.8 Å². The van der Waals surface area contributed by atoms with Crippen molar-refractivity contribution in [1.29, 1.82) is 0 Å². The van der Waals surface area contributed by atoms with Crippen molar-refractivity contribution in [2.75, 3.05) is 50.8 Å². The Morgan fingerprint density at radius 1 is 0.464 bits per heavy atom. The number of hydrogen-bond donors (Lipinski definition) is 0. The molecule has 6 rings (SSSR count). The average Bonchev–Trinajstić information content (AvgIpc) is 3.58. The lowest BCUT2D eigenvalue weighted by atomic mass is 10.1. The third kappa shape index (κ3) is 8.95. The molecule has 0 radical (unpaired) electrons. The van der Waals surface area contributed by atoms with E-state index in [0.29, 0.717) is 33.8 Å². The smallest absolute Gasteiger partial charge is 0.261 e. The zero-order valence-corrected chi connectivity index (χ0v) is 34.3. The van der Waals surface area contributed by atoms with E-state index in [2.05, 4.69) is 0 Å². The van der Waals surface area contributed by atoms with Crippen molar-refractivity contribution in [2.45, 2.75) is 36.5 Å². The van der Waals surface area contributed by atoms with Crippen LogP contribution in [0.25, 0.3) is 0 Å². The Balaban J connectivity index is 1.06. The summed E-state index contributed by atoms with van der Waals surface area (Å²) < 4.78 is 57.9. The van der Waals surface area contributed by atoms with Gasteiger partial charge in [0.15, 0.2) is 0 Å². The number of carbonyl (C=O) groups excluding carboxylic acids is 4. The first-order valence-electron chi connectivity index (χ1n) is 18.1. The van der Waals surface area contributed by atoms with Gasteiger partial charge in [0.25, 0.3) is 23.6 Å². The molecule has 0 saturated carbocycles. The van der Waals surface area contributed by atoms with Gasteiger partial charge in [0.2, 0.25) is 20.0 Å². The van der Waals surface area contributed by atoms with Crippen molar-refractivity contribution in [1.82, 2.24) is 18.4 Å². The normalized spacial score (nSPS) is 14.4. The maximum absolute atomic E-state index is 13.8. The molecule has 0 bridgehead atoms. The van der Waals surface area contributed by atoms with Crippen LogP contribution < -0.4 is 0 Å². The van der Waals surface area contributed by atoms with Gasteiger partial charge in [-0.1, -0.05) is 81.2 Å². The van der Waals surface area contributed by atoms with E-state index in [9.17, 15) is 36.0 Å². The molecule has 2 heterocycles. The number of aryl methyl sites for hydroxylation is 2. The summed E-state index contributed by atoms with van der Waals surface area (Å²) in [6, 6.07) is 26.3. The van der Waals surface area contributed by atoms with Crippen molar-refractivity contribution >= 4 is 65.3 Å². The van der Waals surface area contributed by atoms with E-state index in [1.54, 1.807) is 97.1 Å². The molecule has 0 N–H and O–H groups in total. The van der Waals surface area contributed by atoms with Crippen LogP contribution in [0.4, 0.5) is 0 Å². The minimum absolute atomic E-state index is 0.0620.